The largest absolute Gasteiger partial charge is 0.385 e. The van der Waals surface area contributed by atoms with Gasteiger partial charge in [-0.15, -0.1) is 0 Å². The van der Waals surface area contributed by atoms with E-state index in [1.54, 1.807) is 57.3 Å². The lowest BCUT2D eigenvalue weighted by atomic mass is 10.0. The van der Waals surface area contributed by atoms with Crippen molar-refractivity contribution in [1.29, 1.82) is 0 Å². The minimum Gasteiger partial charge on any atom is -0.385 e. The first-order valence-corrected chi connectivity index (χ1v) is 23.5. The van der Waals surface area contributed by atoms with E-state index in [0.717, 1.165) is 68.1 Å². The van der Waals surface area contributed by atoms with Crippen LogP contribution in [0.3, 0.4) is 0 Å². The number of hydrogen-bond donors (Lipinski definition) is 10. The molecule has 346 valence electrons. The van der Waals surface area contributed by atoms with E-state index in [2.05, 4.69) is 51.1 Å². The highest BCUT2D eigenvalue weighted by molar-refractivity contribution is 7.89. The summed E-state index contributed by atoms with van der Waals surface area (Å²) in [5.74, 6) is 0.954. The highest BCUT2D eigenvalue weighted by Crippen LogP contribution is 2.45. The third kappa shape index (κ3) is 11.8. The van der Waals surface area contributed by atoms with Crippen LogP contribution in [-0.4, -0.2) is 124 Å². The number of carbonyl (C=O) groups is 1. The number of rotatable bonds is 17. The lowest BCUT2D eigenvalue weighted by Crippen LogP contribution is -2.57. The average molecular weight is 902 g/mol. The molecule has 5 unspecified atom stereocenters. The van der Waals surface area contributed by atoms with Crippen molar-refractivity contribution in [2.45, 2.75) is 101 Å². The molecule has 4 aromatic rings. The van der Waals surface area contributed by atoms with E-state index in [4.69, 9.17) is 0 Å². The topological polar surface area (TPSA) is 240 Å². The SMILES string of the molecule is Cc1cnc(Nc2ccc(N3CCN(CC(=O)NCCCCCNc4cccc5c4C(O)N(C4CCC(O)NC4O)C5O)CC3)cc2)nc1Nc1cccc(S(=O)(=O)NC(C)(C)C)c1. The number of hydrogen-bond acceptors (Lipinski definition) is 16. The number of amides is 1. The fourth-order valence-electron chi connectivity index (χ4n) is 8.40. The van der Waals surface area contributed by atoms with Crippen molar-refractivity contribution >= 4 is 50.4 Å². The van der Waals surface area contributed by atoms with Crippen LogP contribution in [0.5, 0.6) is 0 Å². The lowest BCUT2D eigenvalue weighted by Gasteiger charge is -2.40. The molecule has 1 amide bonds. The van der Waals surface area contributed by atoms with Gasteiger partial charge in [0.2, 0.25) is 21.9 Å². The van der Waals surface area contributed by atoms with Gasteiger partial charge in [0.1, 0.15) is 30.7 Å². The van der Waals surface area contributed by atoms with Gasteiger partial charge in [0.25, 0.3) is 0 Å². The minimum absolute atomic E-state index is 0.0123. The van der Waals surface area contributed by atoms with Crippen LogP contribution in [0.25, 0.3) is 0 Å². The molecule has 0 aliphatic carbocycles. The summed E-state index contributed by atoms with van der Waals surface area (Å²) in [4.78, 5) is 28.0. The number of aliphatic hydroxyl groups is 4. The van der Waals surface area contributed by atoms with Crippen molar-refractivity contribution in [3.05, 3.63) is 89.6 Å². The van der Waals surface area contributed by atoms with Gasteiger partial charge in [0, 0.05) is 90.4 Å². The van der Waals surface area contributed by atoms with Crippen LogP contribution >= 0.6 is 0 Å². The Morgan fingerprint density at radius 1 is 0.859 bits per heavy atom. The van der Waals surface area contributed by atoms with Gasteiger partial charge >= 0.3 is 0 Å². The summed E-state index contributed by atoms with van der Waals surface area (Å²) < 4.78 is 28.5. The molecule has 7 rings (SSSR count). The third-order valence-electron chi connectivity index (χ3n) is 11.6. The van der Waals surface area contributed by atoms with Crippen LogP contribution < -0.4 is 36.2 Å². The van der Waals surface area contributed by atoms with Gasteiger partial charge in [0.15, 0.2) is 0 Å². The van der Waals surface area contributed by atoms with Crippen LogP contribution in [0.1, 0.15) is 82.0 Å². The van der Waals surface area contributed by atoms with Crippen LogP contribution in [-0.2, 0) is 14.8 Å². The van der Waals surface area contributed by atoms with Crippen LogP contribution in [0.2, 0.25) is 0 Å². The fourth-order valence-corrected chi connectivity index (χ4v) is 9.86. The van der Waals surface area contributed by atoms with Crippen molar-refractivity contribution in [2.24, 2.45) is 0 Å². The van der Waals surface area contributed by atoms with Crippen molar-refractivity contribution < 1.29 is 33.6 Å². The number of piperidine rings is 1. The molecule has 0 bridgehead atoms. The molecule has 5 atom stereocenters. The molecule has 4 heterocycles. The van der Waals surface area contributed by atoms with Gasteiger partial charge in [-0.3, -0.25) is 15.0 Å². The third-order valence-corrected chi connectivity index (χ3v) is 13.4. The Labute approximate surface area is 375 Å². The molecule has 10 N–H and O–H groups in total. The lowest BCUT2D eigenvalue weighted by molar-refractivity contribution is -0.158. The smallest absolute Gasteiger partial charge is 0.241 e. The number of aromatic nitrogens is 2. The molecule has 18 nitrogen and oxygen atoms in total. The zero-order valence-electron chi connectivity index (χ0n) is 37.0. The Hall–Kier alpha value is -4.96. The summed E-state index contributed by atoms with van der Waals surface area (Å²) in [7, 11) is -3.71. The quantitative estimate of drug-likeness (QED) is 0.0682. The molecule has 19 heteroatoms. The van der Waals surface area contributed by atoms with E-state index >= 15 is 0 Å². The summed E-state index contributed by atoms with van der Waals surface area (Å²) in [5.41, 5.74) is 4.58. The average Bonchev–Trinajstić information content (AvgIpc) is 3.50. The molecular weight excluding hydrogens is 839 g/mol. The van der Waals surface area contributed by atoms with Gasteiger partial charge in [0.05, 0.1) is 17.5 Å². The summed E-state index contributed by atoms with van der Waals surface area (Å²) in [6, 6.07) is 19.6. The van der Waals surface area contributed by atoms with Crippen molar-refractivity contribution in [1.82, 2.24) is 35.1 Å². The maximum Gasteiger partial charge on any atom is 0.241 e. The summed E-state index contributed by atoms with van der Waals surface area (Å²) in [6.07, 6.45) is 1.02. The summed E-state index contributed by atoms with van der Waals surface area (Å²) in [6.45, 7) is 12.0. The zero-order chi connectivity index (χ0) is 45.6. The number of nitrogens with zero attached hydrogens (tertiary/aromatic N) is 5. The van der Waals surface area contributed by atoms with Crippen LogP contribution in [0.4, 0.5) is 34.5 Å². The fraction of sp³-hybridized carbons (Fsp3) is 0.489. The molecule has 1 aromatic heterocycles. The summed E-state index contributed by atoms with van der Waals surface area (Å²) in [5, 5.41) is 58.3. The molecule has 64 heavy (non-hydrogen) atoms. The van der Waals surface area contributed by atoms with Crippen molar-refractivity contribution in [3.63, 3.8) is 0 Å². The molecule has 3 aromatic carbocycles. The Bertz CT molecular complexity index is 2320. The van der Waals surface area contributed by atoms with Gasteiger partial charge < -0.3 is 46.6 Å². The number of aliphatic hydroxyl groups excluding tert-OH is 4. The first-order valence-electron chi connectivity index (χ1n) is 22.0. The van der Waals surface area contributed by atoms with Crippen LogP contribution in [0.15, 0.2) is 77.8 Å². The van der Waals surface area contributed by atoms with E-state index in [-0.39, 0.29) is 10.8 Å². The number of unbranched alkanes of at least 4 members (excludes halogenated alkanes) is 2. The van der Waals surface area contributed by atoms with Crippen molar-refractivity contribution in [3.8, 4) is 0 Å². The first-order chi connectivity index (χ1) is 30.5. The number of fused-ring (bicyclic) bond motifs is 1. The highest BCUT2D eigenvalue weighted by Gasteiger charge is 2.45. The number of sulfonamides is 1. The Morgan fingerprint density at radius 2 is 1.59 bits per heavy atom. The van der Waals surface area contributed by atoms with E-state index in [1.807, 2.05) is 43.3 Å². The molecule has 2 fully saturated rings. The van der Waals surface area contributed by atoms with Crippen molar-refractivity contribution in [2.75, 3.05) is 66.7 Å². The number of piperazine rings is 1. The normalized spacial score (nSPS) is 21.9. The molecule has 0 saturated carbocycles. The number of nitrogens with one attached hydrogen (secondary N) is 6. The second-order valence-electron chi connectivity index (χ2n) is 17.8. The summed E-state index contributed by atoms with van der Waals surface area (Å²) >= 11 is 0. The number of aryl methyl sites for hydroxylation is 1. The Balaban J connectivity index is 0.794. The minimum atomic E-state index is -3.71. The highest BCUT2D eigenvalue weighted by atomic mass is 32.2. The first kappa shape index (κ1) is 47.0. The van der Waals surface area contributed by atoms with Crippen LogP contribution in [0, 0.1) is 6.92 Å². The Kier molecular flexibility index (Phi) is 15.0. The van der Waals surface area contributed by atoms with Gasteiger partial charge in [-0.2, -0.15) is 4.98 Å². The second-order valence-corrected chi connectivity index (χ2v) is 19.5. The van der Waals surface area contributed by atoms with Gasteiger partial charge in [-0.1, -0.05) is 18.2 Å². The second kappa shape index (κ2) is 20.5. The predicted molar refractivity (Wildman–Crippen MR) is 247 cm³/mol. The van der Waals surface area contributed by atoms with Gasteiger partial charge in [-0.25, -0.2) is 23.0 Å². The number of benzene rings is 3. The van der Waals surface area contributed by atoms with E-state index in [1.165, 1.54) is 4.90 Å². The standard InChI is InChI=1S/C45H63N11O7S/c1-29-27-48-44(52-40(29)49-31-10-8-11-33(26-31)64(62,63)53-45(2,3)4)50-30-14-16-32(17-15-30)55-24-22-54(23-25-55)28-38(58)47-21-7-5-6-20-46-35-13-9-12-34-39(35)43(61)56(42(34)60)36-18-19-37(57)51-41(36)59/h8-17,26-27,36-37,41-43,46,51,53,57,59-61H,5-7,18-25,28H2,1-4H3,(H,47,58)(H2,48,49,50,52). The van der Waals surface area contributed by atoms with Gasteiger partial charge in [-0.05, 0) is 108 Å². The molecule has 2 saturated heterocycles. The maximum absolute atomic E-state index is 12.9. The molecule has 3 aliphatic rings. The Morgan fingerprint density at radius 3 is 2.33 bits per heavy atom. The molecule has 3 aliphatic heterocycles. The molecular formula is C45H63N11O7S. The molecule has 0 spiro atoms. The monoisotopic (exact) mass is 901 g/mol. The van der Waals surface area contributed by atoms with E-state index < -0.39 is 46.5 Å². The van der Waals surface area contributed by atoms with E-state index in [0.29, 0.717) is 61.1 Å². The number of carbonyl (C=O) groups excluding carboxylic acids is 1. The molecule has 0 radical (unpaired) electrons. The number of anilines is 6. The zero-order valence-corrected chi connectivity index (χ0v) is 37.8. The maximum atomic E-state index is 12.9. The predicted octanol–water partition coefficient (Wildman–Crippen LogP) is 3.56. The van der Waals surface area contributed by atoms with E-state index in [9.17, 15) is 33.6 Å².